The van der Waals surface area contributed by atoms with Crippen molar-refractivity contribution in [1.29, 1.82) is 0 Å². The van der Waals surface area contributed by atoms with Gasteiger partial charge < -0.3 is 10.6 Å². The van der Waals surface area contributed by atoms with Crippen LogP contribution in [0.5, 0.6) is 0 Å². The minimum absolute atomic E-state index is 0. The Morgan fingerprint density at radius 2 is 1.75 bits per heavy atom. The first-order chi connectivity index (χ1) is 1.41. The first-order valence-electron chi connectivity index (χ1n) is 1.02. The molecule has 2 nitrogen and oxygen atoms in total. The zero-order valence-electron chi connectivity index (χ0n) is 2.65. The molecule has 0 spiro atoms. The highest BCUT2D eigenvalue weighted by molar-refractivity contribution is 3.84. The van der Waals surface area contributed by atoms with Crippen molar-refractivity contribution in [1.82, 2.24) is 0 Å². The maximum absolute atomic E-state index is 7.57. The summed E-state index contributed by atoms with van der Waals surface area (Å²) in [7, 11) is 0. The van der Waals surface area contributed by atoms with Gasteiger partial charge in [-0.1, -0.05) is 0 Å². The summed E-state index contributed by atoms with van der Waals surface area (Å²) in [6, 6.07) is 0. The molecule has 0 rings (SSSR count). The predicted octanol–water partition coefficient (Wildman–Crippen LogP) is -0.826. The van der Waals surface area contributed by atoms with E-state index in [9.17, 15) is 0 Å². The second-order valence-electron chi connectivity index (χ2n) is 0.316. The van der Waals surface area contributed by atoms with E-state index in [1.165, 1.54) is 0 Å². The van der Waals surface area contributed by atoms with Gasteiger partial charge in [-0.15, -0.1) is 0 Å². The molecule has 0 heterocycles. The highest BCUT2D eigenvalue weighted by Gasteiger charge is 1.34. The van der Waals surface area contributed by atoms with Crippen molar-refractivity contribution in [2.45, 2.75) is 6.92 Å². The van der Waals surface area contributed by atoms with E-state index >= 15 is 0 Å². The Hall–Kier alpha value is -0.0800. The monoisotopic (exact) mass is 64.1 g/mol. The van der Waals surface area contributed by atoms with Gasteiger partial charge in [0.25, 0.3) is 0 Å². The maximum Gasteiger partial charge on any atom is 0.0402 e. The van der Waals surface area contributed by atoms with Crippen LogP contribution in [0.15, 0.2) is 0 Å². The van der Waals surface area contributed by atoms with Crippen molar-refractivity contribution in [2.75, 3.05) is 6.61 Å². The molecule has 0 aromatic carbocycles. The number of aliphatic hydroxyl groups excluding tert-OH is 1. The molecule has 2 heteroatoms. The summed E-state index contributed by atoms with van der Waals surface area (Å²) in [5.41, 5.74) is 0. The van der Waals surface area contributed by atoms with E-state index in [1.54, 1.807) is 6.92 Å². The Morgan fingerprint density at radius 3 is 1.75 bits per heavy atom. The molecule has 0 aromatic heterocycles. The molecule has 0 amide bonds. The molecule has 4 heavy (non-hydrogen) atoms. The predicted molar refractivity (Wildman–Crippen MR) is 16.4 cm³/mol. The number of rotatable bonds is 0. The summed E-state index contributed by atoms with van der Waals surface area (Å²) < 4.78 is 0. The molecule has 0 atom stereocenters. The van der Waals surface area contributed by atoms with E-state index in [4.69, 9.17) is 5.11 Å². The lowest BCUT2D eigenvalue weighted by Crippen LogP contribution is -1.57. The first kappa shape index (κ1) is 9.07. The highest BCUT2D eigenvalue weighted by Crippen LogP contribution is 1.30. The van der Waals surface area contributed by atoms with Crippen molar-refractivity contribution in [3.05, 3.63) is 0 Å². The lowest BCUT2D eigenvalue weighted by Gasteiger charge is -1.52. The molecule has 0 saturated carbocycles. The van der Waals surface area contributed by atoms with Gasteiger partial charge in [0.05, 0.1) is 0 Å². The van der Waals surface area contributed by atoms with Gasteiger partial charge in [0.15, 0.2) is 0 Å². The minimum Gasteiger partial charge on any atom is -0.412 e. The van der Waals surface area contributed by atoms with Crippen LogP contribution in [-0.2, 0) is 0 Å². The summed E-state index contributed by atoms with van der Waals surface area (Å²) >= 11 is 0. The van der Waals surface area contributed by atoms with Crippen LogP contribution < -0.4 is 0 Å². The van der Waals surface area contributed by atoms with Crippen LogP contribution in [0.4, 0.5) is 0 Å². The molecule has 28 valence electrons. The number of hydrogen-bond acceptors (Lipinski definition) is 1. The zero-order chi connectivity index (χ0) is 2.71. The molecule has 0 radical (unpaired) electrons. The van der Waals surface area contributed by atoms with Crippen molar-refractivity contribution in [2.24, 2.45) is 0 Å². The van der Waals surface area contributed by atoms with Crippen LogP contribution in [0, 0.1) is 0 Å². The highest BCUT2D eigenvalue weighted by atomic mass is 16.2. The van der Waals surface area contributed by atoms with Gasteiger partial charge in [-0.05, 0) is 6.92 Å². The van der Waals surface area contributed by atoms with E-state index in [0.717, 1.165) is 0 Å². The van der Waals surface area contributed by atoms with Crippen LogP contribution in [0.1, 0.15) is 6.92 Å². The number of hydrogen-bond donors (Lipinski definition) is 1. The van der Waals surface area contributed by atoms with Crippen LogP contribution in [0.2, 0.25) is 0 Å². The maximum atomic E-state index is 7.57. The summed E-state index contributed by atoms with van der Waals surface area (Å²) in [5, 5.41) is 7.57. The third-order valence-corrected chi connectivity index (χ3v) is 0. The fraction of sp³-hybridized carbons (Fsp3) is 1.00. The van der Waals surface area contributed by atoms with E-state index in [-0.39, 0.29) is 12.1 Å². The standard InChI is InChI=1S/C2H6O.H2O/c1-2-3;/h3H,2H2,1H3;1H2. The van der Waals surface area contributed by atoms with Gasteiger partial charge >= 0.3 is 0 Å². The fourth-order valence-corrected chi connectivity index (χ4v) is 0. The van der Waals surface area contributed by atoms with Crippen molar-refractivity contribution in [3.8, 4) is 0 Å². The lowest BCUT2D eigenvalue weighted by molar-refractivity contribution is 0.318. The molecule has 0 unspecified atom stereocenters. The topological polar surface area (TPSA) is 51.7 Å². The second kappa shape index (κ2) is 12.7. The summed E-state index contributed by atoms with van der Waals surface area (Å²) in [6.45, 7) is 1.93. The van der Waals surface area contributed by atoms with E-state index < -0.39 is 0 Å². The van der Waals surface area contributed by atoms with E-state index in [1.807, 2.05) is 0 Å². The molecule has 0 fully saturated rings. The molecular weight excluding hydrogens is 56.0 g/mol. The average Bonchev–Trinajstić information content (AvgIpc) is 0.918. The van der Waals surface area contributed by atoms with Crippen molar-refractivity contribution in [3.63, 3.8) is 0 Å². The van der Waals surface area contributed by atoms with Gasteiger partial charge in [0, 0.05) is 6.61 Å². The summed E-state index contributed by atoms with van der Waals surface area (Å²) in [6.07, 6.45) is 0. The van der Waals surface area contributed by atoms with Gasteiger partial charge in [-0.2, -0.15) is 0 Å². The molecule has 3 N–H and O–H groups in total. The molecule has 0 aromatic rings. The van der Waals surface area contributed by atoms with Gasteiger partial charge in [-0.25, -0.2) is 0 Å². The third-order valence-electron chi connectivity index (χ3n) is 0. The Morgan fingerprint density at radius 1 is 1.75 bits per heavy atom. The Balaban J connectivity index is 0. The Kier molecular flexibility index (Phi) is 28.8. The molecule has 0 aliphatic heterocycles. The second-order valence-corrected chi connectivity index (χ2v) is 0.316. The Labute approximate surface area is 25.4 Å². The van der Waals surface area contributed by atoms with Crippen molar-refractivity contribution >= 4 is 0 Å². The van der Waals surface area contributed by atoms with Crippen LogP contribution in [0.3, 0.4) is 0 Å². The number of aliphatic hydroxyl groups is 1. The molecule has 0 aliphatic rings. The fourth-order valence-electron chi connectivity index (χ4n) is 0. The molecule has 0 saturated heterocycles. The summed E-state index contributed by atoms with van der Waals surface area (Å²) in [5.74, 6) is 0. The van der Waals surface area contributed by atoms with Gasteiger partial charge in [0.2, 0.25) is 0 Å². The normalized spacial score (nSPS) is 4.50. The SMILES string of the molecule is CCO.O. The average molecular weight is 64.1 g/mol. The molecule has 0 aliphatic carbocycles. The largest absolute Gasteiger partial charge is 0.412 e. The van der Waals surface area contributed by atoms with Crippen molar-refractivity contribution < 1.29 is 10.6 Å². The van der Waals surface area contributed by atoms with Gasteiger partial charge in [-0.3, -0.25) is 0 Å². The Bertz CT molecular complexity index is 4.00. The zero-order valence-corrected chi connectivity index (χ0v) is 2.65. The first-order valence-corrected chi connectivity index (χ1v) is 1.02. The van der Waals surface area contributed by atoms with Crippen LogP contribution >= 0.6 is 0 Å². The smallest absolute Gasteiger partial charge is 0.0402 e. The van der Waals surface area contributed by atoms with E-state index in [2.05, 4.69) is 0 Å². The molecule has 0 bridgehead atoms. The third kappa shape index (κ3) is 254. The van der Waals surface area contributed by atoms with Crippen LogP contribution in [0.25, 0.3) is 0 Å². The minimum atomic E-state index is 0. The lowest BCUT2D eigenvalue weighted by atomic mass is 10.9. The van der Waals surface area contributed by atoms with Crippen LogP contribution in [-0.4, -0.2) is 17.2 Å². The quantitative estimate of drug-likeness (QED) is 0.393. The summed E-state index contributed by atoms with van der Waals surface area (Å²) in [4.78, 5) is 0. The molecular formula is C2H8O2. The van der Waals surface area contributed by atoms with E-state index in [0.29, 0.717) is 0 Å². The van der Waals surface area contributed by atoms with Gasteiger partial charge in [0.1, 0.15) is 0 Å².